The van der Waals surface area contributed by atoms with Gasteiger partial charge in [-0.15, -0.1) is 0 Å². The lowest BCUT2D eigenvalue weighted by atomic mass is 10.1. The first-order valence-corrected chi connectivity index (χ1v) is 7.17. The number of halogens is 1. The van der Waals surface area contributed by atoms with Gasteiger partial charge in [0, 0.05) is 11.4 Å². The summed E-state index contributed by atoms with van der Waals surface area (Å²) in [5, 5.41) is 4.61. The number of unbranched alkanes of at least 4 members (excludes halogenated alkanes) is 4. The molecule has 3 nitrogen and oxygen atoms in total. The molecule has 0 aromatic heterocycles. The molecule has 0 bridgehead atoms. The summed E-state index contributed by atoms with van der Waals surface area (Å²) in [5.74, 6) is -0.0262. The number of carbonyl (C=O) groups excluding carboxylic acids is 1. The quantitative estimate of drug-likeness (QED) is 0.434. The number of hydrogen-bond acceptors (Lipinski definition) is 2. The van der Waals surface area contributed by atoms with Gasteiger partial charge in [0.2, 0.25) is 5.91 Å². The molecular formula is C15H21ClN2O. The van der Waals surface area contributed by atoms with Crippen LogP contribution in [-0.2, 0) is 4.79 Å². The van der Waals surface area contributed by atoms with Crippen LogP contribution in [0.5, 0.6) is 0 Å². The topological polar surface area (TPSA) is 41.5 Å². The summed E-state index contributed by atoms with van der Waals surface area (Å²) < 4.78 is 0. The molecule has 1 aromatic carbocycles. The summed E-state index contributed by atoms with van der Waals surface area (Å²) in [6.07, 6.45) is 7.88. The smallest absolute Gasteiger partial charge is 0.240 e. The van der Waals surface area contributed by atoms with E-state index in [1.807, 2.05) is 12.1 Å². The van der Waals surface area contributed by atoms with Crippen molar-refractivity contribution < 1.29 is 4.79 Å². The fourth-order valence-electron chi connectivity index (χ4n) is 1.67. The minimum atomic E-state index is -0.0262. The highest BCUT2D eigenvalue weighted by atomic mass is 35.5. The Morgan fingerprint density at radius 2 is 1.89 bits per heavy atom. The minimum Gasteiger partial charge on any atom is -0.273 e. The molecule has 1 rings (SSSR count). The van der Waals surface area contributed by atoms with Crippen molar-refractivity contribution in [2.45, 2.75) is 45.4 Å². The van der Waals surface area contributed by atoms with Gasteiger partial charge < -0.3 is 0 Å². The molecule has 4 heteroatoms. The molecule has 104 valence electrons. The summed E-state index contributed by atoms with van der Waals surface area (Å²) in [6.45, 7) is 2.18. The maximum absolute atomic E-state index is 11.5. The first-order valence-electron chi connectivity index (χ1n) is 6.80. The second-order valence-electron chi connectivity index (χ2n) is 4.51. The number of hydrazone groups is 1. The third kappa shape index (κ3) is 7.62. The van der Waals surface area contributed by atoms with Crippen molar-refractivity contribution >= 4 is 23.7 Å². The zero-order valence-corrected chi connectivity index (χ0v) is 12.1. The van der Waals surface area contributed by atoms with Crippen LogP contribution >= 0.6 is 11.6 Å². The number of nitrogens with one attached hydrogen (secondary N) is 1. The van der Waals surface area contributed by atoms with Crippen LogP contribution in [0.25, 0.3) is 0 Å². The van der Waals surface area contributed by atoms with Crippen molar-refractivity contribution in [3.8, 4) is 0 Å². The normalized spacial score (nSPS) is 10.8. The largest absolute Gasteiger partial charge is 0.273 e. The molecule has 0 aliphatic carbocycles. The molecule has 0 aliphatic heterocycles. The zero-order valence-electron chi connectivity index (χ0n) is 11.4. The Balaban J connectivity index is 2.17. The lowest BCUT2D eigenvalue weighted by Crippen LogP contribution is -2.16. The van der Waals surface area contributed by atoms with Gasteiger partial charge in [-0.2, -0.15) is 5.10 Å². The van der Waals surface area contributed by atoms with Crippen molar-refractivity contribution in [3.63, 3.8) is 0 Å². The second kappa shape index (κ2) is 9.56. The van der Waals surface area contributed by atoms with Gasteiger partial charge in [-0.05, 0) is 24.1 Å². The highest BCUT2D eigenvalue weighted by Gasteiger charge is 1.98. The summed E-state index contributed by atoms with van der Waals surface area (Å²) >= 11 is 5.78. The van der Waals surface area contributed by atoms with E-state index < -0.39 is 0 Å². The van der Waals surface area contributed by atoms with Crippen LogP contribution in [0.2, 0.25) is 5.02 Å². The van der Waals surface area contributed by atoms with Crippen LogP contribution < -0.4 is 5.43 Å². The predicted molar refractivity (Wildman–Crippen MR) is 80.6 cm³/mol. The van der Waals surface area contributed by atoms with Crippen LogP contribution in [0, 0.1) is 0 Å². The van der Waals surface area contributed by atoms with E-state index in [4.69, 9.17) is 11.6 Å². The number of benzene rings is 1. The van der Waals surface area contributed by atoms with E-state index in [9.17, 15) is 4.79 Å². The Kier molecular flexibility index (Phi) is 7.91. The highest BCUT2D eigenvalue weighted by molar-refractivity contribution is 6.30. The van der Waals surface area contributed by atoms with Gasteiger partial charge in [-0.1, -0.05) is 56.3 Å². The van der Waals surface area contributed by atoms with Gasteiger partial charge in [0.15, 0.2) is 0 Å². The lowest BCUT2D eigenvalue weighted by molar-refractivity contribution is -0.121. The van der Waals surface area contributed by atoms with E-state index in [0.717, 1.165) is 18.4 Å². The van der Waals surface area contributed by atoms with E-state index in [1.54, 1.807) is 18.3 Å². The van der Waals surface area contributed by atoms with E-state index in [1.165, 1.54) is 19.3 Å². The average Bonchev–Trinajstić information content (AvgIpc) is 2.41. The van der Waals surface area contributed by atoms with Crippen LogP contribution in [0.15, 0.2) is 29.4 Å². The summed E-state index contributed by atoms with van der Waals surface area (Å²) in [4.78, 5) is 11.5. The van der Waals surface area contributed by atoms with Crippen molar-refractivity contribution in [2.24, 2.45) is 5.10 Å². The SMILES string of the molecule is CCCCCCCC(=O)N/N=C\c1ccc(Cl)cc1. The fourth-order valence-corrected chi connectivity index (χ4v) is 1.80. The molecular weight excluding hydrogens is 260 g/mol. The predicted octanol–water partition coefficient (Wildman–Crippen LogP) is 4.15. The van der Waals surface area contributed by atoms with Crippen molar-refractivity contribution in [3.05, 3.63) is 34.9 Å². The van der Waals surface area contributed by atoms with Crippen LogP contribution in [-0.4, -0.2) is 12.1 Å². The Morgan fingerprint density at radius 3 is 2.58 bits per heavy atom. The average molecular weight is 281 g/mol. The van der Waals surface area contributed by atoms with Gasteiger partial charge in [-0.25, -0.2) is 5.43 Å². The molecule has 1 aromatic rings. The standard InChI is InChI=1S/C15H21ClN2O/c1-2-3-4-5-6-7-15(19)18-17-12-13-8-10-14(16)11-9-13/h8-12H,2-7H2,1H3,(H,18,19)/b17-12-. The van der Waals surface area contributed by atoms with Gasteiger partial charge in [0.05, 0.1) is 6.21 Å². The molecule has 0 spiro atoms. The van der Waals surface area contributed by atoms with Gasteiger partial charge in [0.25, 0.3) is 0 Å². The van der Waals surface area contributed by atoms with Crippen molar-refractivity contribution in [1.82, 2.24) is 5.43 Å². The van der Waals surface area contributed by atoms with Crippen LogP contribution in [0.3, 0.4) is 0 Å². The van der Waals surface area contributed by atoms with Crippen LogP contribution in [0.1, 0.15) is 51.0 Å². The number of amides is 1. The molecule has 1 N–H and O–H groups in total. The molecule has 1 amide bonds. The third-order valence-electron chi connectivity index (χ3n) is 2.78. The molecule has 0 aliphatic rings. The van der Waals surface area contributed by atoms with Crippen molar-refractivity contribution in [1.29, 1.82) is 0 Å². The molecule has 0 saturated carbocycles. The molecule has 19 heavy (non-hydrogen) atoms. The Labute approximate surface area is 120 Å². The fraction of sp³-hybridized carbons (Fsp3) is 0.467. The first-order chi connectivity index (χ1) is 9.22. The number of hydrogen-bond donors (Lipinski definition) is 1. The molecule has 0 heterocycles. The second-order valence-corrected chi connectivity index (χ2v) is 4.95. The van der Waals surface area contributed by atoms with Crippen molar-refractivity contribution in [2.75, 3.05) is 0 Å². The maximum Gasteiger partial charge on any atom is 0.240 e. The van der Waals surface area contributed by atoms with Gasteiger partial charge in [0.1, 0.15) is 0 Å². The monoisotopic (exact) mass is 280 g/mol. The zero-order chi connectivity index (χ0) is 13.9. The Hall–Kier alpha value is -1.35. The minimum absolute atomic E-state index is 0.0262. The van der Waals surface area contributed by atoms with Gasteiger partial charge >= 0.3 is 0 Å². The molecule has 0 fully saturated rings. The summed E-state index contributed by atoms with van der Waals surface area (Å²) in [7, 11) is 0. The third-order valence-corrected chi connectivity index (χ3v) is 3.03. The number of carbonyl (C=O) groups is 1. The van der Waals surface area contributed by atoms with Gasteiger partial charge in [-0.3, -0.25) is 4.79 Å². The molecule has 0 radical (unpaired) electrons. The molecule has 0 saturated heterocycles. The van der Waals surface area contributed by atoms with E-state index in [0.29, 0.717) is 11.4 Å². The maximum atomic E-state index is 11.5. The van der Waals surface area contributed by atoms with E-state index >= 15 is 0 Å². The van der Waals surface area contributed by atoms with E-state index in [2.05, 4.69) is 17.5 Å². The summed E-state index contributed by atoms with van der Waals surface area (Å²) in [5.41, 5.74) is 3.44. The van der Waals surface area contributed by atoms with Crippen LogP contribution in [0.4, 0.5) is 0 Å². The number of nitrogens with zero attached hydrogens (tertiary/aromatic N) is 1. The molecule has 0 unspecified atom stereocenters. The summed E-state index contributed by atoms with van der Waals surface area (Å²) in [6, 6.07) is 7.28. The number of rotatable bonds is 8. The van der Waals surface area contributed by atoms with E-state index in [-0.39, 0.29) is 5.91 Å². The Bertz CT molecular complexity index is 401. The first kappa shape index (κ1) is 15.7. The highest BCUT2D eigenvalue weighted by Crippen LogP contribution is 2.08. The molecule has 0 atom stereocenters. The Morgan fingerprint density at radius 1 is 1.21 bits per heavy atom. The lowest BCUT2D eigenvalue weighted by Gasteiger charge is -2.00.